The summed E-state index contributed by atoms with van der Waals surface area (Å²) in [4.78, 5) is 0. The molecule has 0 unspecified atom stereocenters. The van der Waals surface area contributed by atoms with E-state index in [9.17, 15) is 0 Å². The zero-order chi connectivity index (χ0) is 20.0. The van der Waals surface area contributed by atoms with E-state index in [-0.39, 0.29) is 5.92 Å². The lowest BCUT2D eigenvalue weighted by Gasteiger charge is -2.27. The summed E-state index contributed by atoms with van der Waals surface area (Å²) < 4.78 is 11.1. The van der Waals surface area contributed by atoms with E-state index in [1.165, 1.54) is 33.4 Å². The van der Waals surface area contributed by atoms with Crippen molar-refractivity contribution in [2.24, 2.45) is 0 Å². The monoisotopic (exact) mass is 388 g/mol. The van der Waals surface area contributed by atoms with Crippen molar-refractivity contribution < 1.29 is 9.47 Å². The van der Waals surface area contributed by atoms with E-state index >= 15 is 0 Å². The van der Waals surface area contributed by atoms with Crippen LogP contribution in [0.2, 0.25) is 0 Å². The third kappa shape index (κ3) is 4.43. The summed E-state index contributed by atoms with van der Waals surface area (Å²) in [6.07, 6.45) is 3.86. The van der Waals surface area contributed by atoms with Crippen molar-refractivity contribution in [1.82, 2.24) is 0 Å². The average Bonchev–Trinajstić information content (AvgIpc) is 2.73. The van der Waals surface area contributed by atoms with E-state index in [2.05, 4.69) is 52.0 Å². The van der Waals surface area contributed by atoms with Gasteiger partial charge in [-0.2, -0.15) is 0 Å². The lowest BCUT2D eigenvalue weighted by Crippen LogP contribution is -2.14. The number of methoxy groups -OCH3 is 2. The minimum atomic E-state index is 0.179. The Balaban J connectivity index is 2.78. The molecule has 0 aliphatic rings. The fraction of sp³-hybridized carbons (Fsp3) is 0.500. The van der Waals surface area contributed by atoms with Crippen LogP contribution >= 0.6 is 11.6 Å². The SMILES string of the molecule is CCc1cc(OC)cc(CC)c1C(CCl)c1c(CC)cc(OC)cc1CC. The van der Waals surface area contributed by atoms with Gasteiger partial charge in [0, 0.05) is 11.8 Å². The van der Waals surface area contributed by atoms with Gasteiger partial charge in [0.05, 0.1) is 14.2 Å². The molecule has 0 fully saturated rings. The summed E-state index contributed by atoms with van der Waals surface area (Å²) in [6, 6.07) is 8.70. The molecule has 0 aliphatic heterocycles. The molecule has 0 heterocycles. The van der Waals surface area contributed by atoms with Gasteiger partial charge in [-0.05, 0) is 83.3 Å². The first-order valence-corrected chi connectivity index (χ1v) is 10.6. The Labute approximate surface area is 169 Å². The van der Waals surface area contributed by atoms with E-state index in [1.807, 2.05) is 0 Å². The molecule has 2 aromatic rings. The highest BCUT2D eigenvalue weighted by molar-refractivity contribution is 6.18. The van der Waals surface area contributed by atoms with E-state index in [1.54, 1.807) is 14.2 Å². The minimum Gasteiger partial charge on any atom is -0.497 e. The Kier molecular flexibility index (Phi) is 8.04. The zero-order valence-electron chi connectivity index (χ0n) is 17.6. The zero-order valence-corrected chi connectivity index (χ0v) is 18.4. The molecule has 148 valence electrons. The van der Waals surface area contributed by atoms with Gasteiger partial charge in [-0.15, -0.1) is 11.6 Å². The number of hydrogen-bond donors (Lipinski definition) is 0. The van der Waals surface area contributed by atoms with Gasteiger partial charge >= 0.3 is 0 Å². The highest BCUT2D eigenvalue weighted by Gasteiger charge is 2.25. The number of aryl methyl sites for hydroxylation is 4. The third-order valence-corrected chi connectivity index (χ3v) is 5.80. The highest BCUT2D eigenvalue weighted by Crippen LogP contribution is 2.39. The first-order chi connectivity index (χ1) is 13.1. The van der Waals surface area contributed by atoms with Crippen LogP contribution in [-0.4, -0.2) is 20.1 Å². The minimum absolute atomic E-state index is 0.179. The van der Waals surface area contributed by atoms with Gasteiger partial charge in [-0.1, -0.05) is 27.7 Å². The predicted molar refractivity (Wildman–Crippen MR) is 116 cm³/mol. The summed E-state index contributed by atoms with van der Waals surface area (Å²) in [5.74, 6) is 2.61. The summed E-state index contributed by atoms with van der Waals surface area (Å²) in [7, 11) is 3.47. The third-order valence-electron chi connectivity index (χ3n) is 5.50. The van der Waals surface area contributed by atoms with Gasteiger partial charge in [-0.25, -0.2) is 0 Å². The normalized spacial score (nSPS) is 11.1. The van der Waals surface area contributed by atoms with Gasteiger partial charge in [0.2, 0.25) is 0 Å². The molecular formula is C24H33ClO2. The molecule has 0 aromatic heterocycles. The van der Waals surface area contributed by atoms with Crippen molar-refractivity contribution in [3.63, 3.8) is 0 Å². The van der Waals surface area contributed by atoms with Gasteiger partial charge in [0.15, 0.2) is 0 Å². The Hall–Kier alpha value is -1.67. The second-order valence-corrected chi connectivity index (χ2v) is 7.15. The van der Waals surface area contributed by atoms with Crippen molar-refractivity contribution in [3.05, 3.63) is 57.6 Å². The van der Waals surface area contributed by atoms with Crippen molar-refractivity contribution in [2.45, 2.75) is 59.3 Å². The van der Waals surface area contributed by atoms with E-state index < -0.39 is 0 Å². The molecule has 0 radical (unpaired) electrons. The number of alkyl halides is 1. The molecule has 0 saturated heterocycles. The first-order valence-electron chi connectivity index (χ1n) is 10.0. The fourth-order valence-corrected chi connectivity index (χ4v) is 4.40. The van der Waals surface area contributed by atoms with Gasteiger partial charge < -0.3 is 9.47 Å². The molecular weight excluding hydrogens is 356 g/mol. The van der Waals surface area contributed by atoms with Crippen LogP contribution in [0.15, 0.2) is 24.3 Å². The summed E-state index contributed by atoms with van der Waals surface area (Å²) >= 11 is 6.64. The average molecular weight is 389 g/mol. The second kappa shape index (κ2) is 10.0. The van der Waals surface area contributed by atoms with Crippen LogP contribution in [0, 0.1) is 0 Å². The maximum absolute atomic E-state index is 6.64. The number of halogens is 1. The summed E-state index contributed by atoms with van der Waals surface area (Å²) in [6.45, 7) is 8.83. The summed E-state index contributed by atoms with van der Waals surface area (Å²) in [5.41, 5.74) is 8.08. The Morgan fingerprint density at radius 3 is 1.15 bits per heavy atom. The van der Waals surface area contributed by atoms with Gasteiger partial charge in [0.25, 0.3) is 0 Å². The lowest BCUT2D eigenvalue weighted by atomic mass is 9.79. The van der Waals surface area contributed by atoms with Crippen LogP contribution in [0.25, 0.3) is 0 Å². The quantitative estimate of drug-likeness (QED) is 0.467. The molecule has 0 amide bonds. The number of hydrogen-bond acceptors (Lipinski definition) is 2. The molecule has 3 heteroatoms. The van der Waals surface area contributed by atoms with Crippen LogP contribution in [0.5, 0.6) is 11.5 Å². The highest BCUT2D eigenvalue weighted by atomic mass is 35.5. The Morgan fingerprint density at radius 2 is 0.963 bits per heavy atom. The maximum Gasteiger partial charge on any atom is 0.119 e. The van der Waals surface area contributed by atoms with Gasteiger partial charge in [0.1, 0.15) is 11.5 Å². The molecule has 0 aliphatic carbocycles. The molecule has 2 aromatic carbocycles. The Morgan fingerprint density at radius 1 is 0.667 bits per heavy atom. The molecule has 0 spiro atoms. The topological polar surface area (TPSA) is 18.5 Å². The van der Waals surface area contributed by atoms with E-state index in [4.69, 9.17) is 21.1 Å². The Bertz CT molecular complexity index is 653. The molecule has 0 bridgehead atoms. The smallest absolute Gasteiger partial charge is 0.119 e. The standard InChI is InChI=1S/C24H33ClO2/c1-7-16-11-20(26-5)12-17(8-2)23(16)22(15-25)24-18(9-3)13-21(27-6)14-19(24)10-4/h11-14,22H,7-10,15H2,1-6H3. The van der Waals surface area contributed by atoms with Crippen molar-refractivity contribution >= 4 is 11.6 Å². The fourth-order valence-electron chi connectivity index (χ4n) is 4.09. The number of ether oxygens (including phenoxy) is 2. The van der Waals surface area contributed by atoms with Crippen LogP contribution in [0.1, 0.15) is 67.0 Å². The number of benzene rings is 2. The first kappa shape index (κ1) is 21.6. The molecule has 0 atom stereocenters. The predicted octanol–water partition coefficient (Wildman–Crippen LogP) is 6.32. The summed E-state index contributed by atoms with van der Waals surface area (Å²) in [5, 5.41) is 0. The molecule has 27 heavy (non-hydrogen) atoms. The van der Waals surface area contributed by atoms with Crippen molar-refractivity contribution in [2.75, 3.05) is 20.1 Å². The molecule has 2 nitrogen and oxygen atoms in total. The molecule has 0 N–H and O–H groups in total. The van der Waals surface area contributed by atoms with Crippen LogP contribution in [-0.2, 0) is 25.7 Å². The van der Waals surface area contributed by atoms with Crippen molar-refractivity contribution in [1.29, 1.82) is 0 Å². The lowest BCUT2D eigenvalue weighted by molar-refractivity contribution is 0.413. The molecule has 2 rings (SSSR count). The maximum atomic E-state index is 6.64. The van der Waals surface area contributed by atoms with Crippen LogP contribution in [0.3, 0.4) is 0 Å². The molecule has 0 saturated carbocycles. The number of rotatable bonds is 9. The van der Waals surface area contributed by atoms with Gasteiger partial charge in [-0.3, -0.25) is 0 Å². The largest absolute Gasteiger partial charge is 0.497 e. The van der Waals surface area contributed by atoms with Crippen LogP contribution in [0.4, 0.5) is 0 Å². The van der Waals surface area contributed by atoms with E-state index in [0.29, 0.717) is 5.88 Å². The van der Waals surface area contributed by atoms with E-state index in [0.717, 1.165) is 37.2 Å². The van der Waals surface area contributed by atoms with Crippen LogP contribution < -0.4 is 9.47 Å². The van der Waals surface area contributed by atoms with Crippen molar-refractivity contribution in [3.8, 4) is 11.5 Å². The second-order valence-electron chi connectivity index (χ2n) is 6.84.